The average Bonchev–Trinajstić information content (AvgIpc) is 2.47. The molecular weight excluding hydrogens is 320 g/mol. The van der Waals surface area contributed by atoms with Gasteiger partial charge >= 0.3 is 6.15 Å². The number of hydrogen-bond donors (Lipinski definition) is 0. The number of allylic oxidation sites excluding steroid dienone is 1. The lowest BCUT2D eigenvalue weighted by Crippen LogP contribution is -1.97. The maximum atomic E-state index is 8.12. The van der Waals surface area contributed by atoms with Gasteiger partial charge in [0.25, 0.3) is 0 Å². The predicted molar refractivity (Wildman–Crippen MR) is 91.8 cm³/mol. The zero-order valence-electron chi connectivity index (χ0n) is 13.6. The van der Waals surface area contributed by atoms with Crippen LogP contribution < -0.4 is 4.74 Å². The second-order valence-electron chi connectivity index (χ2n) is 4.88. The van der Waals surface area contributed by atoms with Gasteiger partial charge < -0.3 is 4.74 Å². The van der Waals surface area contributed by atoms with Crippen molar-refractivity contribution in [2.75, 3.05) is 18.2 Å². The van der Waals surface area contributed by atoms with Crippen molar-refractivity contribution in [1.82, 2.24) is 0 Å². The number of ether oxygens (including phenoxy) is 1. The SMILES string of the molecule is CCCOc1ccc(SCC(CCl)=C(C)C)cc1C.O=C=O. The summed E-state index contributed by atoms with van der Waals surface area (Å²) in [7, 11) is 0. The summed E-state index contributed by atoms with van der Waals surface area (Å²) < 4.78 is 5.69. The Bertz CT molecular complexity index is 517. The summed E-state index contributed by atoms with van der Waals surface area (Å²) in [5, 5.41) is 0. The van der Waals surface area contributed by atoms with E-state index in [0.717, 1.165) is 24.5 Å². The highest BCUT2D eigenvalue weighted by molar-refractivity contribution is 7.99. The molecule has 0 aliphatic heterocycles. The highest BCUT2D eigenvalue weighted by Crippen LogP contribution is 2.27. The van der Waals surface area contributed by atoms with Gasteiger partial charge in [0.2, 0.25) is 0 Å². The van der Waals surface area contributed by atoms with Crippen molar-refractivity contribution in [3.8, 4) is 5.75 Å². The predicted octanol–water partition coefficient (Wildman–Crippen LogP) is 4.87. The largest absolute Gasteiger partial charge is 0.493 e. The van der Waals surface area contributed by atoms with Gasteiger partial charge in [0.15, 0.2) is 0 Å². The van der Waals surface area contributed by atoms with Crippen molar-refractivity contribution in [1.29, 1.82) is 0 Å². The minimum Gasteiger partial charge on any atom is -0.493 e. The van der Waals surface area contributed by atoms with Crippen molar-refractivity contribution in [2.24, 2.45) is 0 Å². The molecule has 0 unspecified atom stereocenters. The molecule has 22 heavy (non-hydrogen) atoms. The van der Waals surface area contributed by atoms with Crippen LogP contribution in [0.3, 0.4) is 0 Å². The van der Waals surface area contributed by atoms with E-state index >= 15 is 0 Å². The number of benzene rings is 1. The highest BCUT2D eigenvalue weighted by Gasteiger charge is 2.04. The summed E-state index contributed by atoms with van der Waals surface area (Å²) in [6, 6.07) is 6.38. The van der Waals surface area contributed by atoms with E-state index in [0.29, 0.717) is 5.88 Å². The van der Waals surface area contributed by atoms with Gasteiger partial charge in [-0.1, -0.05) is 12.5 Å². The van der Waals surface area contributed by atoms with Gasteiger partial charge in [0.1, 0.15) is 5.75 Å². The smallest absolute Gasteiger partial charge is 0.373 e. The zero-order chi connectivity index (χ0) is 17.0. The van der Waals surface area contributed by atoms with Gasteiger partial charge in [-0.05, 0) is 56.5 Å². The second-order valence-corrected chi connectivity index (χ2v) is 6.20. The molecule has 1 rings (SSSR count). The molecule has 0 saturated carbocycles. The minimum absolute atomic E-state index is 0.250. The molecule has 3 nitrogen and oxygen atoms in total. The van der Waals surface area contributed by atoms with Crippen molar-refractivity contribution >= 4 is 29.5 Å². The first-order valence-corrected chi connectivity index (χ1v) is 8.58. The molecule has 0 saturated heterocycles. The molecule has 5 heteroatoms. The van der Waals surface area contributed by atoms with Crippen molar-refractivity contribution in [3.05, 3.63) is 34.9 Å². The molecule has 1 aromatic rings. The summed E-state index contributed by atoms with van der Waals surface area (Å²) in [6.07, 6.45) is 1.29. The first kappa shape index (κ1) is 20.8. The zero-order valence-corrected chi connectivity index (χ0v) is 15.1. The van der Waals surface area contributed by atoms with E-state index in [1.54, 1.807) is 0 Å². The van der Waals surface area contributed by atoms with E-state index in [-0.39, 0.29) is 6.15 Å². The van der Waals surface area contributed by atoms with E-state index in [9.17, 15) is 0 Å². The van der Waals surface area contributed by atoms with Crippen LogP contribution in [0, 0.1) is 6.92 Å². The van der Waals surface area contributed by atoms with Gasteiger partial charge in [-0.3, -0.25) is 0 Å². The van der Waals surface area contributed by atoms with Gasteiger partial charge in [-0.2, -0.15) is 9.59 Å². The molecule has 0 heterocycles. The fourth-order valence-corrected chi connectivity index (χ4v) is 3.20. The lowest BCUT2D eigenvalue weighted by atomic mass is 10.2. The third-order valence-corrected chi connectivity index (χ3v) is 4.29. The van der Waals surface area contributed by atoms with Crippen LogP contribution in [0.2, 0.25) is 0 Å². The molecule has 0 aliphatic carbocycles. The average molecular weight is 343 g/mol. The molecule has 122 valence electrons. The number of carbonyl (C=O) groups excluding carboxylic acids is 2. The van der Waals surface area contributed by atoms with Crippen LogP contribution in [0.15, 0.2) is 34.2 Å². The van der Waals surface area contributed by atoms with E-state index < -0.39 is 0 Å². The van der Waals surface area contributed by atoms with Crippen LogP contribution in [0.5, 0.6) is 5.75 Å². The number of alkyl halides is 1. The number of aryl methyl sites for hydroxylation is 1. The fraction of sp³-hybridized carbons (Fsp3) is 0.471. The highest BCUT2D eigenvalue weighted by atomic mass is 35.5. The van der Waals surface area contributed by atoms with Crippen molar-refractivity contribution < 1.29 is 14.3 Å². The maximum absolute atomic E-state index is 8.12. The third kappa shape index (κ3) is 8.28. The van der Waals surface area contributed by atoms with Gasteiger partial charge in [-0.25, -0.2) is 0 Å². The monoisotopic (exact) mass is 342 g/mol. The maximum Gasteiger partial charge on any atom is 0.373 e. The molecule has 0 radical (unpaired) electrons. The molecule has 0 atom stereocenters. The van der Waals surface area contributed by atoms with Crippen LogP contribution in [-0.4, -0.2) is 24.4 Å². The molecule has 0 fully saturated rings. The van der Waals surface area contributed by atoms with Crippen molar-refractivity contribution in [3.63, 3.8) is 0 Å². The number of hydrogen-bond acceptors (Lipinski definition) is 4. The van der Waals surface area contributed by atoms with Gasteiger partial charge in [-0.15, -0.1) is 23.4 Å². The van der Waals surface area contributed by atoms with Crippen molar-refractivity contribution in [2.45, 2.75) is 39.0 Å². The van der Waals surface area contributed by atoms with Crippen LogP contribution in [0.4, 0.5) is 0 Å². The van der Waals surface area contributed by atoms with Gasteiger partial charge in [0.05, 0.1) is 6.61 Å². The van der Waals surface area contributed by atoms with E-state index in [1.165, 1.54) is 21.6 Å². The summed E-state index contributed by atoms with van der Waals surface area (Å²) >= 11 is 7.78. The third-order valence-electron chi connectivity index (χ3n) is 2.89. The number of thioether (sulfide) groups is 1. The molecule has 0 spiro atoms. The number of rotatable bonds is 7. The Kier molecular flexibility index (Phi) is 11.7. The Balaban J connectivity index is 0.00000135. The first-order chi connectivity index (χ1) is 10.5. The standard InChI is InChI=1S/C16H23ClOS.CO2/c1-5-8-18-16-7-6-15(9-13(16)4)19-11-14(10-17)12(2)3;2-1-3/h6-7,9H,5,8,10-11H2,1-4H3;. The number of halogens is 1. The Hall–Kier alpha value is -1.22. The van der Waals surface area contributed by atoms with E-state index in [2.05, 4.69) is 45.9 Å². The van der Waals surface area contributed by atoms with Crippen LogP contribution in [0.1, 0.15) is 32.8 Å². The van der Waals surface area contributed by atoms with Crippen LogP contribution in [-0.2, 0) is 9.59 Å². The Labute approximate surface area is 142 Å². The van der Waals surface area contributed by atoms with Crippen LogP contribution in [0.25, 0.3) is 0 Å². The lowest BCUT2D eigenvalue weighted by Gasteiger charge is -2.11. The summed E-state index contributed by atoms with van der Waals surface area (Å²) in [5.41, 5.74) is 3.83. The summed E-state index contributed by atoms with van der Waals surface area (Å²) in [4.78, 5) is 17.5. The Morgan fingerprint density at radius 1 is 1.32 bits per heavy atom. The summed E-state index contributed by atoms with van der Waals surface area (Å²) in [6.45, 7) is 9.23. The molecule has 0 amide bonds. The minimum atomic E-state index is 0.250. The van der Waals surface area contributed by atoms with E-state index in [1.807, 2.05) is 11.8 Å². The molecule has 0 bridgehead atoms. The molecule has 0 aliphatic rings. The molecule has 1 aromatic carbocycles. The quantitative estimate of drug-likeness (QED) is 0.403. The Morgan fingerprint density at radius 2 is 1.95 bits per heavy atom. The normalized spacial score (nSPS) is 9.32. The fourth-order valence-electron chi connectivity index (χ4n) is 1.57. The Morgan fingerprint density at radius 3 is 2.41 bits per heavy atom. The topological polar surface area (TPSA) is 43.4 Å². The lowest BCUT2D eigenvalue weighted by molar-refractivity contribution is -0.191. The molecule has 0 aromatic heterocycles. The van der Waals surface area contributed by atoms with E-state index in [4.69, 9.17) is 25.9 Å². The second kappa shape index (κ2) is 12.3. The van der Waals surface area contributed by atoms with Crippen LogP contribution >= 0.6 is 23.4 Å². The molecule has 0 N–H and O–H groups in total. The first-order valence-electron chi connectivity index (χ1n) is 7.06. The molecular formula is C17H23ClO3S. The van der Waals surface area contributed by atoms with Gasteiger partial charge in [0, 0.05) is 16.5 Å². The summed E-state index contributed by atoms with van der Waals surface area (Å²) in [5.74, 6) is 2.57.